The van der Waals surface area contributed by atoms with Crippen LogP contribution in [0.15, 0.2) is 30.3 Å². The second kappa shape index (κ2) is 5.53. The Kier molecular flexibility index (Phi) is 3.70. The molecule has 1 saturated carbocycles. The van der Waals surface area contributed by atoms with E-state index in [-0.39, 0.29) is 16.9 Å². The molecule has 0 spiro atoms. The molecule has 7 heteroatoms. The van der Waals surface area contributed by atoms with E-state index in [0.717, 1.165) is 0 Å². The van der Waals surface area contributed by atoms with Crippen molar-refractivity contribution >= 4 is 17.6 Å². The fraction of sp³-hybridized carbons (Fsp3) is 0.267. The van der Waals surface area contributed by atoms with Crippen molar-refractivity contribution in [2.45, 2.75) is 18.4 Å². The highest BCUT2D eigenvalue weighted by Gasteiger charge is 2.54. The minimum Gasteiger partial charge on any atom is -0.466 e. The van der Waals surface area contributed by atoms with Gasteiger partial charge in [0.25, 0.3) is 0 Å². The number of benzene rings is 1. The molecule has 5 nitrogen and oxygen atoms in total. The zero-order valence-corrected chi connectivity index (χ0v) is 12.4. The fourth-order valence-corrected chi connectivity index (χ4v) is 2.20. The molecule has 2 aromatic rings. The van der Waals surface area contributed by atoms with E-state index < -0.39 is 11.6 Å². The van der Waals surface area contributed by atoms with Crippen molar-refractivity contribution in [3.05, 3.63) is 41.3 Å². The van der Waals surface area contributed by atoms with Gasteiger partial charge in [0.1, 0.15) is 11.0 Å². The van der Waals surface area contributed by atoms with Crippen molar-refractivity contribution in [3.8, 4) is 17.3 Å². The van der Waals surface area contributed by atoms with Gasteiger partial charge in [0.05, 0.1) is 7.11 Å². The van der Waals surface area contributed by atoms with E-state index >= 15 is 0 Å². The highest BCUT2D eigenvalue weighted by molar-refractivity contribution is 6.29. The Hall–Kier alpha value is -2.21. The normalized spacial score (nSPS) is 15.2. The third-order valence-corrected chi connectivity index (χ3v) is 3.53. The summed E-state index contributed by atoms with van der Waals surface area (Å²) in [6.45, 7) is 0. The average molecular weight is 323 g/mol. The summed E-state index contributed by atoms with van der Waals surface area (Å²) < 4.78 is 23.4. The van der Waals surface area contributed by atoms with Crippen LogP contribution in [0.5, 0.6) is 5.88 Å². The molecule has 3 rings (SSSR count). The van der Waals surface area contributed by atoms with Crippen LogP contribution in [0.1, 0.15) is 12.8 Å². The summed E-state index contributed by atoms with van der Waals surface area (Å²) in [7, 11) is 1.31. The van der Waals surface area contributed by atoms with E-state index in [1.54, 1.807) is 0 Å². The van der Waals surface area contributed by atoms with Gasteiger partial charge in [-0.2, -0.15) is 4.98 Å². The Morgan fingerprint density at radius 1 is 1.27 bits per heavy atom. The lowest BCUT2D eigenvalue weighted by Crippen LogP contribution is -2.31. The zero-order valence-electron chi connectivity index (χ0n) is 11.7. The molecule has 0 atom stereocenters. The van der Waals surface area contributed by atoms with Crippen molar-refractivity contribution in [1.82, 2.24) is 9.97 Å². The number of hydrogen-bond acceptors (Lipinski definition) is 5. The topological polar surface area (TPSA) is 61.3 Å². The Labute approximate surface area is 131 Å². The minimum atomic E-state index is -0.980. The molecule has 0 N–H and O–H groups in total. The molecule has 22 heavy (non-hydrogen) atoms. The maximum atomic E-state index is 13.0. The van der Waals surface area contributed by atoms with Crippen LogP contribution in [0.4, 0.5) is 4.39 Å². The first kappa shape index (κ1) is 14.7. The van der Waals surface area contributed by atoms with E-state index in [1.807, 2.05) is 0 Å². The monoisotopic (exact) mass is 322 g/mol. The summed E-state index contributed by atoms with van der Waals surface area (Å²) in [5.41, 5.74) is -0.386. The Balaban J connectivity index is 1.90. The van der Waals surface area contributed by atoms with E-state index in [1.165, 1.54) is 37.4 Å². The summed E-state index contributed by atoms with van der Waals surface area (Å²) in [5.74, 6) is -0.319. The standard InChI is InChI=1S/C15H12ClFN2O3/c1-21-14(20)15(6-7-15)22-12-8-11(16)18-13(19-12)9-2-4-10(17)5-3-9/h2-5,8H,6-7H2,1H3. The molecule has 0 saturated heterocycles. The number of rotatable bonds is 4. The van der Waals surface area contributed by atoms with Gasteiger partial charge in [0, 0.05) is 24.5 Å². The molecular formula is C15H12ClFN2O3. The van der Waals surface area contributed by atoms with E-state index in [9.17, 15) is 9.18 Å². The number of ether oxygens (including phenoxy) is 2. The first-order valence-corrected chi connectivity index (χ1v) is 6.98. The Bertz CT molecular complexity index is 717. The van der Waals surface area contributed by atoms with Gasteiger partial charge in [0.2, 0.25) is 11.5 Å². The van der Waals surface area contributed by atoms with Crippen molar-refractivity contribution in [1.29, 1.82) is 0 Å². The third kappa shape index (κ3) is 2.87. The maximum Gasteiger partial charge on any atom is 0.350 e. The summed E-state index contributed by atoms with van der Waals surface area (Å²) in [6, 6.07) is 7.11. The van der Waals surface area contributed by atoms with Crippen molar-refractivity contribution in [2.24, 2.45) is 0 Å². The zero-order chi connectivity index (χ0) is 15.7. The van der Waals surface area contributed by atoms with E-state index in [0.29, 0.717) is 24.2 Å². The van der Waals surface area contributed by atoms with Crippen LogP contribution in [0.3, 0.4) is 0 Å². The van der Waals surface area contributed by atoms with Gasteiger partial charge in [-0.1, -0.05) is 11.6 Å². The molecule has 1 aromatic carbocycles. The van der Waals surface area contributed by atoms with Crippen LogP contribution in [0.2, 0.25) is 5.15 Å². The molecule has 1 heterocycles. The van der Waals surface area contributed by atoms with Gasteiger partial charge >= 0.3 is 5.97 Å². The lowest BCUT2D eigenvalue weighted by Gasteiger charge is -2.15. The summed E-state index contributed by atoms with van der Waals surface area (Å²) >= 11 is 5.97. The molecular weight excluding hydrogens is 311 g/mol. The highest BCUT2D eigenvalue weighted by atomic mass is 35.5. The number of carbonyl (C=O) groups excluding carboxylic acids is 1. The molecule has 0 radical (unpaired) electrons. The van der Waals surface area contributed by atoms with Crippen LogP contribution in [-0.4, -0.2) is 28.6 Å². The van der Waals surface area contributed by atoms with Crippen LogP contribution in [0.25, 0.3) is 11.4 Å². The lowest BCUT2D eigenvalue weighted by molar-refractivity contribution is -0.151. The summed E-state index contributed by atoms with van der Waals surface area (Å²) in [5, 5.41) is 0.171. The van der Waals surface area contributed by atoms with Crippen molar-refractivity contribution in [3.63, 3.8) is 0 Å². The Morgan fingerprint density at radius 2 is 1.95 bits per heavy atom. The predicted octanol–water partition coefficient (Wildman–Crippen LogP) is 3.02. The number of esters is 1. The summed E-state index contributed by atoms with van der Waals surface area (Å²) in [6.07, 6.45) is 1.13. The molecule has 114 valence electrons. The first-order chi connectivity index (χ1) is 10.5. The predicted molar refractivity (Wildman–Crippen MR) is 77.0 cm³/mol. The second-order valence-electron chi connectivity index (χ2n) is 4.95. The molecule has 0 bridgehead atoms. The number of methoxy groups -OCH3 is 1. The van der Waals surface area contributed by atoms with Crippen LogP contribution in [0, 0.1) is 5.82 Å². The second-order valence-corrected chi connectivity index (χ2v) is 5.33. The van der Waals surface area contributed by atoms with Gasteiger partial charge < -0.3 is 9.47 Å². The van der Waals surface area contributed by atoms with E-state index in [2.05, 4.69) is 9.97 Å². The van der Waals surface area contributed by atoms with Crippen LogP contribution in [-0.2, 0) is 9.53 Å². The molecule has 1 aromatic heterocycles. The van der Waals surface area contributed by atoms with Crippen LogP contribution >= 0.6 is 11.6 Å². The fourth-order valence-electron chi connectivity index (χ4n) is 2.02. The number of hydrogen-bond donors (Lipinski definition) is 0. The van der Waals surface area contributed by atoms with Gasteiger partial charge in [-0.05, 0) is 24.3 Å². The first-order valence-electron chi connectivity index (χ1n) is 6.60. The van der Waals surface area contributed by atoms with Gasteiger partial charge in [-0.25, -0.2) is 14.2 Å². The largest absolute Gasteiger partial charge is 0.466 e. The lowest BCUT2D eigenvalue weighted by atomic mass is 10.2. The Morgan fingerprint density at radius 3 is 2.55 bits per heavy atom. The van der Waals surface area contributed by atoms with Crippen LogP contribution < -0.4 is 4.74 Å². The average Bonchev–Trinajstić information content (AvgIpc) is 3.27. The SMILES string of the molecule is COC(=O)C1(Oc2cc(Cl)nc(-c3ccc(F)cc3)n2)CC1. The number of carbonyl (C=O) groups is 1. The van der Waals surface area contributed by atoms with Gasteiger partial charge in [-0.3, -0.25) is 0 Å². The molecule has 0 aliphatic heterocycles. The minimum absolute atomic E-state index is 0.171. The molecule has 1 fully saturated rings. The number of halogens is 2. The van der Waals surface area contributed by atoms with Gasteiger partial charge in [0.15, 0.2) is 5.82 Å². The van der Waals surface area contributed by atoms with Crippen molar-refractivity contribution in [2.75, 3.05) is 7.11 Å². The summed E-state index contributed by atoms with van der Waals surface area (Å²) in [4.78, 5) is 20.0. The molecule has 0 amide bonds. The highest BCUT2D eigenvalue weighted by Crippen LogP contribution is 2.41. The number of nitrogens with zero attached hydrogens (tertiary/aromatic N) is 2. The smallest absolute Gasteiger partial charge is 0.350 e. The molecule has 0 unspecified atom stereocenters. The van der Waals surface area contributed by atoms with Gasteiger partial charge in [-0.15, -0.1) is 0 Å². The number of aromatic nitrogens is 2. The third-order valence-electron chi connectivity index (χ3n) is 3.34. The van der Waals surface area contributed by atoms with E-state index in [4.69, 9.17) is 21.1 Å². The maximum absolute atomic E-state index is 13.0. The quantitative estimate of drug-likeness (QED) is 0.639. The van der Waals surface area contributed by atoms with Crippen molar-refractivity contribution < 1.29 is 18.7 Å². The molecule has 1 aliphatic carbocycles. The molecule has 1 aliphatic rings.